The number of carbonyl (C=O) groups is 2. The molecule has 142 valence electrons. The van der Waals surface area contributed by atoms with Gasteiger partial charge in [0.2, 0.25) is 0 Å². The van der Waals surface area contributed by atoms with Gasteiger partial charge in [-0.3, -0.25) is 4.79 Å². The Bertz CT molecular complexity index is 1070. The highest BCUT2D eigenvalue weighted by Gasteiger charge is 2.20. The molecule has 3 aromatic rings. The first kappa shape index (κ1) is 18.9. The first-order valence-corrected chi connectivity index (χ1v) is 8.36. The van der Waals surface area contributed by atoms with Gasteiger partial charge in [-0.25, -0.2) is 10.2 Å². The van der Waals surface area contributed by atoms with Gasteiger partial charge < -0.3 is 14.6 Å². The van der Waals surface area contributed by atoms with Gasteiger partial charge in [0.15, 0.2) is 11.5 Å². The fourth-order valence-electron chi connectivity index (χ4n) is 2.91. The van der Waals surface area contributed by atoms with Crippen LogP contribution < -0.4 is 14.9 Å². The molecule has 0 aliphatic heterocycles. The van der Waals surface area contributed by atoms with Crippen LogP contribution in [0.1, 0.15) is 26.3 Å². The third-order valence-corrected chi connectivity index (χ3v) is 4.20. The normalized spacial score (nSPS) is 10.8. The standard InChI is InChI=1S/C21H18N2O5/c1-27-17-11-10-14(18(21(25)26)19(17)28-2)12-22-23-20(24)16-9-5-7-13-6-3-4-8-15(13)16/h3-12H,1-2H3,(H,23,24)(H,25,26)/b22-12+. The molecule has 2 N–H and O–H groups in total. The van der Waals surface area contributed by atoms with Crippen molar-refractivity contribution in [2.75, 3.05) is 14.2 Å². The van der Waals surface area contributed by atoms with Crippen LogP contribution >= 0.6 is 0 Å². The summed E-state index contributed by atoms with van der Waals surface area (Å²) in [4.78, 5) is 24.2. The zero-order chi connectivity index (χ0) is 20.1. The maximum absolute atomic E-state index is 12.5. The maximum atomic E-state index is 12.5. The van der Waals surface area contributed by atoms with Crippen LogP contribution in [0.2, 0.25) is 0 Å². The van der Waals surface area contributed by atoms with E-state index in [0.717, 1.165) is 10.8 Å². The Hall–Kier alpha value is -3.87. The van der Waals surface area contributed by atoms with Crippen molar-refractivity contribution in [3.8, 4) is 11.5 Å². The lowest BCUT2D eigenvalue weighted by Gasteiger charge is -2.12. The Morgan fingerprint density at radius 1 is 1.00 bits per heavy atom. The molecule has 7 nitrogen and oxygen atoms in total. The van der Waals surface area contributed by atoms with Crippen LogP contribution in [-0.4, -0.2) is 37.4 Å². The van der Waals surface area contributed by atoms with Gasteiger partial charge in [-0.2, -0.15) is 5.10 Å². The highest BCUT2D eigenvalue weighted by Crippen LogP contribution is 2.32. The molecule has 0 aliphatic rings. The maximum Gasteiger partial charge on any atom is 0.340 e. The number of rotatable bonds is 6. The minimum absolute atomic E-state index is 0.0827. The summed E-state index contributed by atoms with van der Waals surface area (Å²) in [6, 6.07) is 16.0. The molecule has 0 heterocycles. The van der Waals surface area contributed by atoms with Crippen molar-refractivity contribution >= 4 is 28.9 Å². The minimum Gasteiger partial charge on any atom is -0.493 e. The van der Waals surface area contributed by atoms with Gasteiger partial charge in [0, 0.05) is 11.1 Å². The van der Waals surface area contributed by atoms with Crippen LogP contribution in [0.4, 0.5) is 0 Å². The predicted molar refractivity (Wildman–Crippen MR) is 106 cm³/mol. The number of hydrazone groups is 1. The van der Waals surface area contributed by atoms with Crippen molar-refractivity contribution in [1.29, 1.82) is 0 Å². The molecule has 0 aromatic heterocycles. The molecule has 7 heteroatoms. The largest absolute Gasteiger partial charge is 0.493 e. The van der Waals surface area contributed by atoms with Gasteiger partial charge in [-0.1, -0.05) is 36.4 Å². The number of carboxylic acid groups (broad SMARTS) is 1. The van der Waals surface area contributed by atoms with Gasteiger partial charge >= 0.3 is 5.97 Å². The molecular weight excluding hydrogens is 360 g/mol. The SMILES string of the molecule is COc1ccc(/C=N/NC(=O)c2cccc3ccccc23)c(C(=O)O)c1OC. The predicted octanol–water partition coefficient (Wildman–Crippen LogP) is 3.32. The summed E-state index contributed by atoms with van der Waals surface area (Å²) in [5, 5.41) is 15.2. The summed E-state index contributed by atoms with van der Waals surface area (Å²) in [6.07, 6.45) is 1.26. The second-order valence-corrected chi connectivity index (χ2v) is 5.80. The molecule has 0 saturated heterocycles. The van der Waals surface area contributed by atoms with E-state index in [1.54, 1.807) is 18.2 Å². The Morgan fingerprint density at radius 2 is 1.75 bits per heavy atom. The molecule has 0 radical (unpaired) electrons. The molecule has 3 aromatic carbocycles. The molecule has 0 aliphatic carbocycles. The Kier molecular flexibility index (Phi) is 5.55. The van der Waals surface area contributed by atoms with E-state index in [2.05, 4.69) is 10.5 Å². The van der Waals surface area contributed by atoms with Gasteiger partial charge in [0.05, 0.1) is 20.4 Å². The van der Waals surface area contributed by atoms with Crippen LogP contribution in [-0.2, 0) is 0 Å². The number of carbonyl (C=O) groups excluding carboxylic acids is 1. The van der Waals surface area contributed by atoms with Gasteiger partial charge in [0.25, 0.3) is 5.91 Å². The molecule has 0 atom stereocenters. The van der Waals surface area contributed by atoms with Crippen molar-refractivity contribution in [2.45, 2.75) is 0 Å². The smallest absolute Gasteiger partial charge is 0.340 e. The highest BCUT2D eigenvalue weighted by molar-refractivity contribution is 6.07. The first-order valence-electron chi connectivity index (χ1n) is 8.36. The van der Waals surface area contributed by atoms with E-state index in [-0.39, 0.29) is 22.6 Å². The van der Waals surface area contributed by atoms with E-state index in [1.165, 1.54) is 26.5 Å². The zero-order valence-electron chi connectivity index (χ0n) is 15.3. The fourth-order valence-corrected chi connectivity index (χ4v) is 2.91. The third kappa shape index (κ3) is 3.64. The summed E-state index contributed by atoms with van der Waals surface area (Å²) in [7, 11) is 2.77. The topological polar surface area (TPSA) is 97.2 Å². The quantitative estimate of drug-likeness (QED) is 0.507. The number of hydrogen-bond acceptors (Lipinski definition) is 5. The average Bonchev–Trinajstić information content (AvgIpc) is 2.72. The van der Waals surface area contributed by atoms with Crippen LogP contribution in [0.15, 0.2) is 59.7 Å². The minimum atomic E-state index is -1.20. The van der Waals surface area contributed by atoms with Crippen molar-refractivity contribution in [3.63, 3.8) is 0 Å². The van der Waals surface area contributed by atoms with Crippen molar-refractivity contribution in [3.05, 3.63) is 71.3 Å². The summed E-state index contributed by atoms with van der Waals surface area (Å²) in [5.41, 5.74) is 3.07. The number of hydrogen-bond donors (Lipinski definition) is 2. The highest BCUT2D eigenvalue weighted by atomic mass is 16.5. The molecule has 1 amide bonds. The average molecular weight is 378 g/mol. The second-order valence-electron chi connectivity index (χ2n) is 5.80. The summed E-state index contributed by atoms with van der Waals surface area (Å²) < 4.78 is 10.3. The third-order valence-electron chi connectivity index (χ3n) is 4.20. The van der Waals surface area contributed by atoms with E-state index in [9.17, 15) is 14.7 Å². The van der Waals surface area contributed by atoms with E-state index < -0.39 is 11.9 Å². The molecule has 0 saturated carbocycles. The molecule has 0 bridgehead atoms. The number of ether oxygens (including phenoxy) is 2. The lowest BCUT2D eigenvalue weighted by molar-refractivity contribution is 0.0692. The number of carboxylic acids is 1. The first-order chi connectivity index (χ1) is 13.6. The van der Waals surface area contributed by atoms with Crippen molar-refractivity contribution in [2.24, 2.45) is 5.10 Å². The lowest BCUT2D eigenvalue weighted by Crippen LogP contribution is -2.18. The van der Waals surface area contributed by atoms with Gasteiger partial charge in [-0.15, -0.1) is 0 Å². The molecule has 28 heavy (non-hydrogen) atoms. The second kappa shape index (κ2) is 8.22. The number of nitrogens with one attached hydrogen (secondary N) is 1. The Morgan fingerprint density at radius 3 is 2.46 bits per heavy atom. The van der Waals surface area contributed by atoms with Crippen LogP contribution in [0.3, 0.4) is 0 Å². The van der Waals surface area contributed by atoms with Gasteiger partial charge in [-0.05, 0) is 29.0 Å². The molecule has 0 spiro atoms. The number of amides is 1. The molecule has 0 unspecified atom stereocenters. The van der Waals surface area contributed by atoms with E-state index in [4.69, 9.17) is 9.47 Å². The molecule has 0 fully saturated rings. The van der Waals surface area contributed by atoms with Crippen LogP contribution in [0, 0.1) is 0 Å². The molecular formula is C21H18N2O5. The summed E-state index contributed by atoms with van der Waals surface area (Å²) in [6.45, 7) is 0. The Balaban J connectivity index is 1.88. The van der Waals surface area contributed by atoms with E-state index >= 15 is 0 Å². The lowest BCUT2D eigenvalue weighted by atomic mass is 10.0. The fraction of sp³-hybridized carbons (Fsp3) is 0.0952. The van der Waals surface area contributed by atoms with Gasteiger partial charge in [0.1, 0.15) is 5.56 Å². The van der Waals surface area contributed by atoms with Crippen molar-refractivity contribution in [1.82, 2.24) is 5.43 Å². The summed E-state index contributed by atoms with van der Waals surface area (Å²) in [5.74, 6) is -1.22. The summed E-state index contributed by atoms with van der Waals surface area (Å²) >= 11 is 0. The molecule has 3 rings (SSSR count). The number of aromatic carboxylic acids is 1. The van der Waals surface area contributed by atoms with Crippen LogP contribution in [0.5, 0.6) is 11.5 Å². The number of nitrogens with zero attached hydrogens (tertiary/aromatic N) is 1. The monoisotopic (exact) mass is 378 g/mol. The number of fused-ring (bicyclic) bond motifs is 1. The number of methoxy groups -OCH3 is 2. The van der Waals surface area contributed by atoms with E-state index in [1.807, 2.05) is 30.3 Å². The number of benzene rings is 3. The Labute approximate surface area is 161 Å². The van der Waals surface area contributed by atoms with Crippen molar-refractivity contribution < 1.29 is 24.2 Å². The van der Waals surface area contributed by atoms with E-state index in [0.29, 0.717) is 5.56 Å². The van der Waals surface area contributed by atoms with Crippen LogP contribution in [0.25, 0.3) is 10.8 Å². The zero-order valence-corrected chi connectivity index (χ0v) is 15.3.